The summed E-state index contributed by atoms with van der Waals surface area (Å²) >= 11 is 0. The fourth-order valence-corrected chi connectivity index (χ4v) is 4.32. The van der Waals surface area contributed by atoms with Crippen LogP contribution in [-0.4, -0.2) is 49.0 Å². The molecule has 2 unspecified atom stereocenters. The topological polar surface area (TPSA) is 86.7 Å². The Balaban J connectivity index is 2.89. The van der Waals surface area contributed by atoms with E-state index in [9.17, 15) is 14.3 Å². The Morgan fingerprint density at radius 3 is 2.41 bits per heavy atom. The van der Waals surface area contributed by atoms with E-state index < -0.39 is 19.7 Å². The average Bonchev–Trinajstić information content (AvgIpc) is 2.57. The molecule has 0 bridgehead atoms. The number of hydrogen-bond donors (Lipinski definition) is 1. The second-order valence-corrected chi connectivity index (χ2v) is 11.5. The predicted octanol–water partition coefficient (Wildman–Crippen LogP) is 4.64. The van der Waals surface area contributed by atoms with E-state index in [0.29, 0.717) is 10.1 Å². The van der Waals surface area contributed by atoms with Gasteiger partial charge in [-0.25, -0.2) is 0 Å². The third-order valence-electron chi connectivity index (χ3n) is 5.43. The molecule has 6 nitrogen and oxygen atoms in total. The Bertz CT molecular complexity index is 878. The zero-order chi connectivity index (χ0) is 24.7. The van der Waals surface area contributed by atoms with Crippen LogP contribution in [-0.2, 0) is 13.9 Å². The summed E-state index contributed by atoms with van der Waals surface area (Å²) in [7, 11) is 0.396. The maximum Gasteiger partial charge on any atom is 0.266 e. The molecule has 0 radical (unpaired) electrons. The molecule has 2 atom stereocenters. The minimum absolute atomic E-state index is 0.106. The van der Waals surface area contributed by atoms with Gasteiger partial charge in [-0.2, -0.15) is 0 Å². The third kappa shape index (κ3) is 10.8. The molecule has 0 amide bonds. The molecule has 0 aromatic rings. The van der Waals surface area contributed by atoms with Gasteiger partial charge in [-0.1, -0.05) is 55.4 Å². The lowest BCUT2D eigenvalue weighted by Gasteiger charge is -2.32. The molecule has 180 valence electrons. The fraction of sp³-hybridized carbons (Fsp3) is 0.560. The Hall–Kier alpha value is -1.56. The van der Waals surface area contributed by atoms with Crippen molar-refractivity contribution in [1.29, 1.82) is 0 Å². The Kier molecular flexibility index (Phi) is 10.3. The average molecular weight is 466 g/mol. The standard InChI is InChI=1S/C25H40NO5P/c1-19(14-15-22-21(3)13-10-16-25(22,4)5)11-9-12-20(2)17-23(27)24(18-26(6,7)8)31-32(28,29)30/h9,11-12,14-15,17,24H,10,13,16,18H2,1-8H3,(H-,28,29,30)/b12-9+,15-14+,19-11+,20-17+. The predicted molar refractivity (Wildman–Crippen MR) is 129 cm³/mol. The Labute approximate surface area is 193 Å². The van der Waals surface area contributed by atoms with Crippen LogP contribution in [0.3, 0.4) is 0 Å². The van der Waals surface area contributed by atoms with E-state index >= 15 is 0 Å². The van der Waals surface area contributed by atoms with E-state index in [1.54, 1.807) is 34.1 Å². The summed E-state index contributed by atoms with van der Waals surface area (Å²) in [6.45, 7) is 10.7. The zero-order valence-corrected chi connectivity index (χ0v) is 21.7. The molecule has 0 aromatic heterocycles. The van der Waals surface area contributed by atoms with Crippen LogP contribution in [0.5, 0.6) is 0 Å². The van der Waals surface area contributed by atoms with Crippen LogP contribution in [0.2, 0.25) is 0 Å². The van der Waals surface area contributed by atoms with Crippen LogP contribution >= 0.6 is 7.82 Å². The molecule has 0 saturated heterocycles. The maximum absolute atomic E-state index is 12.5. The van der Waals surface area contributed by atoms with E-state index in [-0.39, 0.29) is 12.0 Å². The molecular weight excluding hydrogens is 425 g/mol. The number of rotatable bonds is 10. The number of phosphoric acid groups is 1. The highest BCUT2D eigenvalue weighted by atomic mass is 31.2. The Morgan fingerprint density at radius 1 is 1.25 bits per heavy atom. The minimum Gasteiger partial charge on any atom is -0.756 e. The molecule has 1 rings (SSSR count). The van der Waals surface area contributed by atoms with Crippen molar-refractivity contribution in [3.63, 3.8) is 0 Å². The van der Waals surface area contributed by atoms with Gasteiger partial charge in [0, 0.05) is 0 Å². The number of ketones is 1. The molecule has 0 heterocycles. The number of hydrogen-bond acceptors (Lipinski definition) is 4. The smallest absolute Gasteiger partial charge is 0.266 e. The van der Waals surface area contributed by atoms with Gasteiger partial charge in [0.1, 0.15) is 6.54 Å². The van der Waals surface area contributed by atoms with Crippen molar-refractivity contribution >= 4 is 13.6 Å². The lowest BCUT2D eigenvalue weighted by Crippen LogP contribution is -2.45. The van der Waals surface area contributed by atoms with Crippen molar-refractivity contribution in [2.75, 3.05) is 27.7 Å². The van der Waals surface area contributed by atoms with Crippen molar-refractivity contribution in [3.05, 3.63) is 58.7 Å². The number of carbonyl (C=O) groups is 1. The molecule has 1 N–H and O–H groups in total. The lowest BCUT2D eigenvalue weighted by atomic mass is 9.72. The highest BCUT2D eigenvalue weighted by molar-refractivity contribution is 7.44. The van der Waals surface area contributed by atoms with Crippen LogP contribution in [0.1, 0.15) is 53.9 Å². The number of carbonyl (C=O) groups excluding carboxylic acids is 1. The fourth-order valence-electron chi connectivity index (χ4n) is 3.83. The van der Waals surface area contributed by atoms with Crippen LogP contribution in [0.15, 0.2) is 58.7 Å². The summed E-state index contributed by atoms with van der Waals surface area (Å²) < 4.78 is 16.1. The van der Waals surface area contributed by atoms with Gasteiger partial charge < -0.3 is 18.8 Å². The van der Waals surface area contributed by atoms with E-state index in [1.807, 2.05) is 19.1 Å². The first kappa shape index (κ1) is 28.5. The molecule has 1 aliphatic rings. The van der Waals surface area contributed by atoms with Gasteiger partial charge in [-0.3, -0.25) is 9.36 Å². The highest BCUT2D eigenvalue weighted by Gasteiger charge is 2.28. The first-order chi connectivity index (χ1) is 14.5. The normalized spacial score (nSPS) is 21.3. The van der Waals surface area contributed by atoms with Crippen molar-refractivity contribution in [3.8, 4) is 0 Å². The van der Waals surface area contributed by atoms with E-state index in [4.69, 9.17) is 4.89 Å². The van der Waals surface area contributed by atoms with E-state index in [0.717, 1.165) is 12.0 Å². The summed E-state index contributed by atoms with van der Waals surface area (Å²) in [5, 5.41) is 0. The van der Waals surface area contributed by atoms with Crippen LogP contribution in [0, 0.1) is 5.41 Å². The summed E-state index contributed by atoms with van der Waals surface area (Å²) in [4.78, 5) is 32.7. The largest absolute Gasteiger partial charge is 0.756 e. The molecule has 0 fully saturated rings. The summed E-state index contributed by atoms with van der Waals surface area (Å²) in [5.74, 6) is -0.507. The molecule has 1 aliphatic carbocycles. The number of quaternary nitrogens is 1. The molecule has 0 saturated carbocycles. The SMILES string of the molecule is CC1=C(/C=C/C(C)=C/C=C/C(C)=C/C(=O)C(C[N+](C)(C)C)OP(=O)([O-])O)C(C)(C)CCC1. The number of allylic oxidation sites excluding steroid dienone is 9. The number of likely N-dealkylation sites (N-methyl/N-ethyl adjacent to an activating group) is 1. The minimum atomic E-state index is -5.02. The molecule has 0 aliphatic heterocycles. The maximum atomic E-state index is 12.5. The summed E-state index contributed by atoms with van der Waals surface area (Å²) in [6, 6.07) is 0. The number of nitrogens with zero attached hydrogens (tertiary/aromatic N) is 1. The molecule has 0 aromatic carbocycles. The number of phosphoric ester groups is 1. The van der Waals surface area contributed by atoms with Crippen molar-refractivity contribution in [2.45, 2.75) is 60.0 Å². The Morgan fingerprint density at radius 2 is 1.88 bits per heavy atom. The molecule has 32 heavy (non-hydrogen) atoms. The summed E-state index contributed by atoms with van der Waals surface area (Å²) in [6.07, 6.45) is 13.6. The van der Waals surface area contributed by atoms with Gasteiger partial charge >= 0.3 is 0 Å². The summed E-state index contributed by atoms with van der Waals surface area (Å²) in [5.41, 5.74) is 4.80. The van der Waals surface area contributed by atoms with Gasteiger partial charge in [0.25, 0.3) is 7.82 Å². The molecule has 7 heteroatoms. The van der Waals surface area contributed by atoms with Gasteiger partial charge in [0.2, 0.25) is 0 Å². The second-order valence-electron chi connectivity index (χ2n) is 10.4. The zero-order valence-electron chi connectivity index (χ0n) is 20.8. The monoisotopic (exact) mass is 465 g/mol. The van der Waals surface area contributed by atoms with Crippen LogP contribution in [0.25, 0.3) is 0 Å². The molecular formula is C25H40NO5P. The second kappa shape index (κ2) is 11.5. The van der Waals surface area contributed by atoms with Crippen molar-refractivity contribution in [2.24, 2.45) is 5.41 Å². The van der Waals surface area contributed by atoms with E-state index in [2.05, 4.69) is 37.4 Å². The van der Waals surface area contributed by atoms with Gasteiger partial charge in [0.05, 0.1) is 21.1 Å². The first-order valence-electron chi connectivity index (χ1n) is 11.0. The van der Waals surface area contributed by atoms with Gasteiger partial charge in [-0.05, 0) is 62.7 Å². The van der Waals surface area contributed by atoms with Crippen LogP contribution < -0.4 is 4.89 Å². The quantitative estimate of drug-likeness (QED) is 0.220. The van der Waals surface area contributed by atoms with Gasteiger partial charge in [-0.15, -0.1) is 0 Å². The van der Waals surface area contributed by atoms with Gasteiger partial charge in [0.15, 0.2) is 11.9 Å². The highest BCUT2D eigenvalue weighted by Crippen LogP contribution is 2.40. The van der Waals surface area contributed by atoms with E-state index in [1.165, 1.54) is 30.1 Å². The van der Waals surface area contributed by atoms with Crippen molar-refractivity contribution in [1.82, 2.24) is 0 Å². The lowest BCUT2D eigenvalue weighted by molar-refractivity contribution is -0.872. The third-order valence-corrected chi connectivity index (χ3v) is 5.96. The first-order valence-corrected chi connectivity index (χ1v) is 12.5. The van der Waals surface area contributed by atoms with Crippen LogP contribution in [0.4, 0.5) is 0 Å². The van der Waals surface area contributed by atoms with Crippen molar-refractivity contribution < 1.29 is 28.2 Å². The molecule has 0 spiro atoms.